The highest BCUT2D eigenvalue weighted by molar-refractivity contribution is 7.99. The number of para-hydroxylation sites is 1. The van der Waals surface area contributed by atoms with E-state index in [1.54, 1.807) is 6.20 Å². The van der Waals surface area contributed by atoms with Gasteiger partial charge in [-0.25, -0.2) is 0 Å². The molecule has 1 aromatic carbocycles. The van der Waals surface area contributed by atoms with Gasteiger partial charge in [0.15, 0.2) is 0 Å². The lowest BCUT2D eigenvalue weighted by Gasteiger charge is -2.20. The second-order valence-electron chi connectivity index (χ2n) is 4.78. The summed E-state index contributed by atoms with van der Waals surface area (Å²) in [7, 11) is 0. The van der Waals surface area contributed by atoms with Crippen molar-refractivity contribution in [2.24, 2.45) is 5.92 Å². The first kappa shape index (κ1) is 12.5. The van der Waals surface area contributed by atoms with E-state index in [9.17, 15) is 4.79 Å². The first-order chi connectivity index (χ1) is 9.34. The predicted octanol–water partition coefficient (Wildman–Crippen LogP) is 3.32. The third-order valence-electron chi connectivity index (χ3n) is 3.42. The van der Waals surface area contributed by atoms with Crippen molar-refractivity contribution in [1.82, 2.24) is 4.98 Å². The Bertz CT molecular complexity index is 588. The van der Waals surface area contributed by atoms with Crippen LogP contribution in [0.15, 0.2) is 36.5 Å². The standard InChI is InChI=1S/C15H16N2OS/c18-15(12-6-3-9-19-10-12)17-13-7-1-4-11-5-2-8-16-14(11)13/h1-2,4-5,7-8,12H,3,6,9-10H2,(H,17,18). The van der Waals surface area contributed by atoms with Gasteiger partial charge in [0.2, 0.25) is 5.91 Å². The van der Waals surface area contributed by atoms with Crippen molar-refractivity contribution in [1.29, 1.82) is 0 Å². The maximum atomic E-state index is 12.3. The lowest BCUT2D eigenvalue weighted by molar-refractivity contribution is -0.119. The number of pyridine rings is 1. The molecule has 1 N–H and O–H groups in total. The first-order valence-corrected chi connectivity index (χ1v) is 7.72. The van der Waals surface area contributed by atoms with E-state index in [1.165, 1.54) is 5.75 Å². The van der Waals surface area contributed by atoms with Gasteiger partial charge in [-0.15, -0.1) is 0 Å². The number of nitrogens with zero attached hydrogens (tertiary/aromatic N) is 1. The molecule has 1 unspecified atom stereocenters. The Balaban J connectivity index is 1.82. The third kappa shape index (κ3) is 2.73. The molecule has 1 amide bonds. The van der Waals surface area contributed by atoms with Crippen molar-refractivity contribution in [3.63, 3.8) is 0 Å². The molecule has 0 saturated carbocycles. The minimum absolute atomic E-state index is 0.130. The summed E-state index contributed by atoms with van der Waals surface area (Å²) in [5, 5.41) is 4.09. The minimum atomic E-state index is 0.130. The number of rotatable bonds is 2. The fraction of sp³-hybridized carbons (Fsp3) is 0.333. The number of aromatic nitrogens is 1. The van der Waals surface area contributed by atoms with Gasteiger partial charge in [0, 0.05) is 23.3 Å². The van der Waals surface area contributed by atoms with Crippen LogP contribution in [0.2, 0.25) is 0 Å². The molecule has 2 aromatic rings. The van der Waals surface area contributed by atoms with E-state index in [0.717, 1.165) is 35.2 Å². The number of thioether (sulfide) groups is 1. The monoisotopic (exact) mass is 272 g/mol. The first-order valence-electron chi connectivity index (χ1n) is 6.57. The number of hydrogen-bond donors (Lipinski definition) is 1. The van der Waals surface area contributed by atoms with Gasteiger partial charge in [-0.2, -0.15) is 11.8 Å². The van der Waals surface area contributed by atoms with E-state index >= 15 is 0 Å². The lowest BCUT2D eigenvalue weighted by Crippen LogP contribution is -2.27. The van der Waals surface area contributed by atoms with Gasteiger partial charge in [-0.05, 0) is 30.7 Å². The van der Waals surface area contributed by atoms with Crippen LogP contribution in [-0.2, 0) is 4.79 Å². The van der Waals surface area contributed by atoms with E-state index in [2.05, 4.69) is 10.3 Å². The van der Waals surface area contributed by atoms with Gasteiger partial charge in [0.25, 0.3) is 0 Å². The molecule has 0 aliphatic carbocycles. The molecule has 4 heteroatoms. The number of carbonyl (C=O) groups is 1. The van der Waals surface area contributed by atoms with E-state index in [-0.39, 0.29) is 11.8 Å². The zero-order valence-corrected chi connectivity index (χ0v) is 11.5. The van der Waals surface area contributed by atoms with Crippen molar-refractivity contribution in [3.8, 4) is 0 Å². The quantitative estimate of drug-likeness (QED) is 0.912. The molecular weight excluding hydrogens is 256 g/mol. The molecule has 2 heterocycles. The van der Waals surface area contributed by atoms with Gasteiger partial charge in [-0.3, -0.25) is 9.78 Å². The molecule has 1 aromatic heterocycles. The normalized spacial score (nSPS) is 19.3. The maximum absolute atomic E-state index is 12.3. The summed E-state index contributed by atoms with van der Waals surface area (Å²) >= 11 is 1.87. The summed E-state index contributed by atoms with van der Waals surface area (Å²) in [5.41, 5.74) is 1.68. The number of hydrogen-bond acceptors (Lipinski definition) is 3. The zero-order chi connectivity index (χ0) is 13.1. The summed E-state index contributed by atoms with van der Waals surface area (Å²) in [4.78, 5) is 16.6. The number of carbonyl (C=O) groups excluding carboxylic acids is 1. The average Bonchev–Trinajstić information content (AvgIpc) is 2.48. The van der Waals surface area contributed by atoms with Crippen molar-refractivity contribution in [2.75, 3.05) is 16.8 Å². The number of anilines is 1. The Morgan fingerprint density at radius 2 is 2.21 bits per heavy atom. The van der Waals surface area contributed by atoms with Crippen LogP contribution in [0.1, 0.15) is 12.8 Å². The Morgan fingerprint density at radius 1 is 1.32 bits per heavy atom. The molecule has 98 valence electrons. The van der Waals surface area contributed by atoms with E-state index in [0.29, 0.717) is 0 Å². The third-order valence-corrected chi connectivity index (χ3v) is 4.64. The molecule has 0 radical (unpaired) electrons. The van der Waals surface area contributed by atoms with Gasteiger partial charge in [0.05, 0.1) is 11.2 Å². The summed E-state index contributed by atoms with van der Waals surface area (Å²) in [5.74, 6) is 2.38. The SMILES string of the molecule is O=C(Nc1cccc2cccnc12)C1CCCSC1. The topological polar surface area (TPSA) is 42.0 Å². The number of benzene rings is 1. The molecule has 1 aliphatic heterocycles. The summed E-state index contributed by atoms with van der Waals surface area (Å²) in [6.07, 6.45) is 3.89. The average molecular weight is 272 g/mol. The van der Waals surface area contributed by atoms with Gasteiger partial charge < -0.3 is 5.32 Å². The van der Waals surface area contributed by atoms with Gasteiger partial charge in [0.1, 0.15) is 0 Å². The predicted molar refractivity (Wildman–Crippen MR) is 80.4 cm³/mol. The highest BCUT2D eigenvalue weighted by Gasteiger charge is 2.21. The van der Waals surface area contributed by atoms with Crippen molar-refractivity contribution in [2.45, 2.75) is 12.8 Å². The van der Waals surface area contributed by atoms with Crippen LogP contribution in [0, 0.1) is 5.92 Å². The van der Waals surface area contributed by atoms with Crippen LogP contribution in [0.3, 0.4) is 0 Å². The molecule has 0 bridgehead atoms. The second-order valence-corrected chi connectivity index (χ2v) is 5.93. The highest BCUT2D eigenvalue weighted by Crippen LogP contribution is 2.26. The van der Waals surface area contributed by atoms with Crippen LogP contribution in [-0.4, -0.2) is 22.4 Å². The van der Waals surface area contributed by atoms with Crippen LogP contribution >= 0.6 is 11.8 Å². The maximum Gasteiger partial charge on any atom is 0.228 e. The highest BCUT2D eigenvalue weighted by atomic mass is 32.2. The van der Waals surface area contributed by atoms with Crippen molar-refractivity contribution in [3.05, 3.63) is 36.5 Å². The molecule has 1 atom stereocenters. The molecule has 1 saturated heterocycles. The summed E-state index contributed by atoms with van der Waals surface area (Å²) < 4.78 is 0. The Hall–Kier alpha value is -1.55. The fourth-order valence-electron chi connectivity index (χ4n) is 2.39. The second kappa shape index (κ2) is 5.61. The number of fused-ring (bicyclic) bond motifs is 1. The van der Waals surface area contributed by atoms with Crippen LogP contribution in [0.25, 0.3) is 10.9 Å². The smallest absolute Gasteiger partial charge is 0.228 e. The number of nitrogens with one attached hydrogen (secondary N) is 1. The van der Waals surface area contributed by atoms with E-state index in [1.807, 2.05) is 42.1 Å². The Labute approximate surface area is 116 Å². The molecule has 0 spiro atoms. The van der Waals surface area contributed by atoms with Crippen LogP contribution in [0.5, 0.6) is 0 Å². The molecule has 3 nitrogen and oxygen atoms in total. The molecule has 3 rings (SSSR count). The number of amides is 1. The Kier molecular flexibility index (Phi) is 3.69. The van der Waals surface area contributed by atoms with Gasteiger partial charge >= 0.3 is 0 Å². The lowest BCUT2D eigenvalue weighted by atomic mass is 10.0. The van der Waals surface area contributed by atoms with E-state index < -0.39 is 0 Å². The molecule has 1 aliphatic rings. The minimum Gasteiger partial charge on any atom is -0.324 e. The Morgan fingerprint density at radius 3 is 3.05 bits per heavy atom. The van der Waals surface area contributed by atoms with Crippen molar-refractivity contribution < 1.29 is 4.79 Å². The fourth-order valence-corrected chi connectivity index (χ4v) is 3.53. The summed E-state index contributed by atoms with van der Waals surface area (Å²) in [6.45, 7) is 0. The molecular formula is C15H16N2OS. The van der Waals surface area contributed by atoms with Crippen LogP contribution < -0.4 is 5.32 Å². The van der Waals surface area contributed by atoms with Crippen molar-refractivity contribution >= 4 is 34.3 Å². The van der Waals surface area contributed by atoms with E-state index in [4.69, 9.17) is 0 Å². The zero-order valence-electron chi connectivity index (χ0n) is 10.6. The molecule has 1 fully saturated rings. The largest absolute Gasteiger partial charge is 0.324 e. The summed E-state index contributed by atoms with van der Waals surface area (Å²) in [6, 6.07) is 9.80. The van der Waals surface area contributed by atoms with Gasteiger partial charge in [-0.1, -0.05) is 18.2 Å². The van der Waals surface area contributed by atoms with Crippen LogP contribution in [0.4, 0.5) is 5.69 Å². The molecule has 19 heavy (non-hydrogen) atoms.